The molecule has 154 valence electrons. The number of carboxylic acids is 2. The lowest BCUT2D eigenvalue weighted by molar-refractivity contribution is -0.143. The molecule has 0 spiro atoms. The summed E-state index contributed by atoms with van der Waals surface area (Å²) in [5, 5.41) is 40.5. The molecule has 3 unspecified atom stereocenters. The highest BCUT2D eigenvalue weighted by Gasteiger charge is 2.28. The van der Waals surface area contributed by atoms with Crippen LogP contribution in [0.4, 0.5) is 0 Å². The quantitative estimate of drug-likeness (QED) is 0.224. The summed E-state index contributed by atoms with van der Waals surface area (Å²) in [7, 11) is 0. The van der Waals surface area contributed by atoms with Crippen LogP contribution in [0.3, 0.4) is 0 Å². The highest BCUT2D eigenvalue weighted by molar-refractivity contribution is 5.92. The van der Waals surface area contributed by atoms with Crippen LogP contribution < -0.4 is 16.4 Å². The molecule has 8 N–H and O–H groups in total. The van der Waals surface area contributed by atoms with Crippen molar-refractivity contribution in [3.63, 3.8) is 0 Å². The van der Waals surface area contributed by atoms with E-state index in [0.717, 1.165) is 0 Å². The van der Waals surface area contributed by atoms with Crippen LogP contribution in [0.2, 0.25) is 0 Å². The Hall–Kier alpha value is -3.18. The average Bonchev–Trinajstić information content (AvgIpc) is 2.64. The molecule has 0 aliphatic rings. The fourth-order valence-electron chi connectivity index (χ4n) is 2.22. The van der Waals surface area contributed by atoms with Crippen LogP contribution in [0.25, 0.3) is 0 Å². The summed E-state index contributed by atoms with van der Waals surface area (Å²) < 4.78 is 0. The van der Waals surface area contributed by atoms with Gasteiger partial charge in [-0.05, 0) is 24.1 Å². The van der Waals surface area contributed by atoms with Crippen molar-refractivity contribution in [2.45, 2.75) is 37.4 Å². The van der Waals surface area contributed by atoms with Gasteiger partial charge in [0.1, 0.15) is 17.8 Å². The minimum atomic E-state index is -1.56. The van der Waals surface area contributed by atoms with Crippen molar-refractivity contribution in [3.8, 4) is 5.75 Å². The maximum Gasteiger partial charge on any atom is 0.328 e. The Bertz CT molecular complexity index is 707. The van der Waals surface area contributed by atoms with E-state index in [1.807, 2.05) is 0 Å². The number of carbonyl (C=O) groups is 4. The molecule has 3 atom stereocenters. The van der Waals surface area contributed by atoms with Crippen LogP contribution in [0.15, 0.2) is 24.3 Å². The predicted molar refractivity (Wildman–Crippen MR) is 95.2 cm³/mol. The second-order valence-corrected chi connectivity index (χ2v) is 6.05. The zero-order valence-corrected chi connectivity index (χ0v) is 14.9. The topological polar surface area (TPSA) is 199 Å². The van der Waals surface area contributed by atoms with E-state index in [-0.39, 0.29) is 25.0 Å². The number of aromatic hydroxyl groups is 1. The molecule has 0 saturated carbocycles. The summed E-state index contributed by atoms with van der Waals surface area (Å²) in [4.78, 5) is 46.2. The Morgan fingerprint density at radius 2 is 1.54 bits per heavy atom. The molecule has 1 aromatic carbocycles. The Balaban J connectivity index is 2.91. The number of benzene rings is 1. The first-order valence-electron chi connectivity index (χ1n) is 8.33. The third-order valence-electron chi connectivity index (χ3n) is 3.81. The van der Waals surface area contributed by atoms with E-state index in [4.69, 9.17) is 21.1 Å². The molecule has 0 bridgehead atoms. The molecule has 0 fully saturated rings. The third-order valence-corrected chi connectivity index (χ3v) is 3.81. The highest BCUT2D eigenvalue weighted by Crippen LogP contribution is 2.12. The summed E-state index contributed by atoms with van der Waals surface area (Å²) in [5.41, 5.74) is 6.18. The van der Waals surface area contributed by atoms with Crippen LogP contribution in [0.1, 0.15) is 18.4 Å². The summed E-state index contributed by atoms with van der Waals surface area (Å²) in [5.74, 6) is -4.24. The summed E-state index contributed by atoms with van der Waals surface area (Å²) >= 11 is 0. The van der Waals surface area contributed by atoms with Gasteiger partial charge in [-0.1, -0.05) is 12.1 Å². The van der Waals surface area contributed by atoms with Gasteiger partial charge in [0.15, 0.2) is 0 Å². The Kier molecular flexibility index (Phi) is 8.85. The van der Waals surface area contributed by atoms with Gasteiger partial charge in [-0.15, -0.1) is 0 Å². The van der Waals surface area contributed by atoms with Crippen LogP contribution in [0.5, 0.6) is 5.75 Å². The number of nitrogens with one attached hydrogen (secondary N) is 2. The first kappa shape index (κ1) is 22.9. The molecule has 0 aliphatic heterocycles. The molecule has 2 amide bonds. The fraction of sp³-hybridized carbons (Fsp3) is 0.412. The average molecular weight is 397 g/mol. The van der Waals surface area contributed by atoms with E-state index in [0.29, 0.717) is 5.56 Å². The second-order valence-electron chi connectivity index (χ2n) is 6.05. The Morgan fingerprint density at radius 3 is 2.04 bits per heavy atom. The van der Waals surface area contributed by atoms with E-state index in [9.17, 15) is 24.3 Å². The van der Waals surface area contributed by atoms with Gasteiger partial charge >= 0.3 is 11.9 Å². The number of aliphatic hydroxyl groups excluding tert-OH is 1. The molecule has 28 heavy (non-hydrogen) atoms. The van der Waals surface area contributed by atoms with Crippen LogP contribution in [-0.4, -0.2) is 68.9 Å². The van der Waals surface area contributed by atoms with Gasteiger partial charge in [-0.3, -0.25) is 14.4 Å². The van der Waals surface area contributed by atoms with Crippen molar-refractivity contribution in [2.75, 3.05) is 6.61 Å². The number of nitrogens with two attached hydrogens (primary N) is 1. The molecule has 1 rings (SSSR count). The molecular formula is C17H23N3O8. The van der Waals surface area contributed by atoms with Crippen molar-refractivity contribution in [2.24, 2.45) is 5.73 Å². The van der Waals surface area contributed by atoms with Crippen molar-refractivity contribution in [1.29, 1.82) is 0 Å². The van der Waals surface area contributed by atoms with Crippen molar-refractivity contribution >= 4 is 23.8 Å². The van der Waals surface area contributed by atoms with E-state index in [1.165, 1.54) is 24.3 Å². The first-order chi connectivity index (χ1) is 13.1. The van der Waals surface area contributed by atoms with Gasteiger partial charge in [0, 0.05) is 12.8 Å². The Labute approximate surface area is 160 Å². The SMILES string of the molecule is NC(CCC(=O)O)C(=O)NC(Cc1ccc(O)cc1)C(=O)NC(CO)C(=O)O. The zero-order valence-electron chi connectivity index (χ0n) is 14.9. The minimum absolute atomic E-state index is 0.00398. The van der Waals surface area contributed by atoms with E-state index in [1.54, 1.807) is 0 Å². The molecule has 0 saturated heterocycles. The number of aliphatic carboxylic acids is 2. The molecule has 0 aromatic heterocycles. The van der Waals surface area contributed by atoms with Gasteiger partial charge in [-0.2, -0.15) is 0 Å². The van der Waals surface area contributed by atoms with Gasteiger partial charge in [-0.25, -0.2) is 4.79 Å². The smallest absolute Gasteiger partial charge is 0.328 e. The van der Waals surface area contributed by atoms with Gasteiger partial charge < -0.3 is 36.8 Å². The van der Waals surface area contributed by atoms with Gasteiger partial charge in [0.2, 0.25) is 11.8 Å². The van der Waals surface area contributed by atoms with E-state index >= 15 is 0 Å². The molecule has 11 heteroatoms. The second kappa shape index (κ2) is 10.8. The number of rotatable bonds is 11. The van der Waals surface area contributed by atoms with Crippen LogP contribution in [0, 0.1) is 0 Å². The molecule has 1 aromatic rings. The monoisotopic (exact) mass is 397 g/mol. The lowest BCUT2D eigenvalue weighted by atomic mass is 10.0. The van der Waals surface area contributed by atoms with Crippen molar-refractivity contribution in [3.05, 3.63) is 29.8 Å². The molecular weight excluding hydrogens is 374 g/mol. The number of hydrogen-bond donors (Lipinski definition) is 7. The lowest BCUT2D eigenvalue weighted by Crippen LogP contribution is -2.55. The summed E-state index contributed by atoms with van der Waals surface area (Å²) in [6, 6.07) is 1.78. The number of amides is 2. The van der Waals surface area contributed by atoms with Crippen molar-refractivity contribution < 1.29 is 39.6 Å². The Morgan fingerprint density at radius 1 is 0.964 bits per heavy atom. The zero-order chi connectivity index (χ0) is 21.3. The van der Waals surface area contributed by atoms with E-state index in [2.05, 4.69) is 10.6 Å². The van der Waals surface area contributed by atoms with Crippen molar-refractivity contribution in [1.82, 2.24) is 10.6 Å². The minimum Gasteiger partial charge on any atom is -0.508 e. The lowest BCUT2D eigenvalue weighted by Gasteiger charge is -2.22. The number of aliphatic hydroxyl groups is 1. The van der Waals surface area contributed by atoms with Gasteiger partial charge in [0.25, 0.3) is 0 Å². The number of carbonyl (C=O) groups excluding carboxylic acids is 2. The third kappa shape index (κ3) is 7.60. The fourth-order valence-corrected chi connectivity index (χ4v) is 2.22. The first-order valence-corrected chi connectivity index (χ1v) is 8.33. The summed E-state index contributed by atoms with van der Waals surface area (Å²) in [6.45, 7) is -0.848. The maximum absolute atomic E-state index is 12.4. The van der Waals surface area contributed by atoms with E-state index < -0.39 is 48.5 Å². The van der Waals surface area contributed by atoms with Crippen LogP contribution in [-0.2, 0) is 25.6 Å². The van der Waals surface area contributed by atoms with Gasteiger partial charge in [0.05, 0.1) is 12.6 Å². The highest BCUT2D eigenvalue weighted by atomic mass is 16.4. The number of hydrogen-bond acceptors (Lipinski definition) is 7. The molecule has 11 nitrogen and oxygen atoms in total. The number of carboxylic acid groups (broad SMARTS) is 2. The predicted octanol–water partition coefficient (Wildman–Crippen LogP) is -1.83. The standard InChI is InChI=1S/C17H23N3O8/c18-11(5-6-14(23)24)15(25)19-12(7-9-1-3-10(22)4-2-9)16(26)20-13(8-21)17(27)28/h1-4,11-13,21-22H,5-8,18H2,(H,19,25)(H,20,26)(H,23,24)(H,27,28). The summed E-state index contributed by atoms with van der Waals surface area (Å²) in [6.07, 6.45) is -0.542. The molecule has 0 heterocycles. The normalized spacial score (nSPS) is 13.8. The number of phenolic OH excluding ortho intramolecular Hbond substituents is 1. The maximum atomic E-state index is 12.4. The van der Waals surface area contributed by atoms with Crippen LogP contribution >= 0.6 is 0 Å². The number of phenols is 1. The molecule has 0 radical (unpaired) electrons. The largest absolute Gasteiger partial charge is 0.508 e. The molecule has 0 aliphatic carbocycles.